The van der Waals surface area contributed by atoms with E-state index >= 15 is 0 Å². The van der Waals surface area contributed by atoms with Crippen LogP contribution in [0.1, 0.15) is 59.8 Å². The molecule has 18 heavy (non-hydrogen) atoms. The largest absolute Gasteiger partial charge is 0.481 e. The summed E-state index contributed by atoms with van der Waals surface area (Å²) in [5, 5.41) is 11.7. The zero-order valence-corrected chi connectivity index (χ0v) is 11.9. The van der Waals surface area contributed by atoms with Gasteiger partial charge in [-0.3, -0.25) is 9.59 Å². The van der Waals surface area contributed by atoms with Gasteiger partial charge < -0.3 is 10.4 Å². The van der Waals surface area contributed by atoms with Crippen LogP contribution < -0.4 is 5.32 Å². The molecule has 0 heterocycles. The van der Waals surface area contributed by atoms with Crippen molar-refractivity contribution in [2.24, 2.45) is 11.3 Å². The van der Waals surface area contributed by atoms with Crippen LogP contribution >= 0.6 is 0 Å². The van der Waals surface area contributed by atoms with Gasteiger partial charge in [0.25, 0.3) is 0 Å². The number of carbonyl (C=O) groups is 2. The van der Waals surface area contributed by atoms with Crippen LogP contribution in [0.25, 0.3) is 0 Å². The first-order valence-corrected chi connectivity index (χ1v) is 6.67. The molecule has 1 aliphatic rings. The molecule has 0 aromatic heterocycles. The van der Waals surface area contributed by atoms with Crippen molar-refractivity contribution < 1.29 is 14.7 Å². The van der Waals surface area contributed by atoms with Crippen molar-refractivity contribution in [1.82, 2.24) is 5.32 Å². The highest BCUT2D eigenvalue weighted by Gasteiger charge is 2.46. The van der Waals surface area contributed by atoms with Gasteiger partial charge in [-0.05, 0) is 30.6 Å². The van der Waals surface area contributed by atoms with Crippen LogP contribution in [-0.2, 0) is 9.59 Å². The van der Waals surface area contributed by atoms with E-state index in [-0.39, 0.29) is 17.7 Å². The van der Waals surface area contributed by atoms with Crippen molar-refractivity contribution in [1.29, 1.82) is 0 Å². The summed E-state index contributed by atoms with van der Waals surface area (Å²) in [6.07, 6.45) is 3.08. The summed E-state index contributed by atoms with van der Waals surface area (Å²) in [5.41, 5.74) is -0.478. The van der Waals surface area contributed by atoms with Gasteiger partial charge in [0, 0.05) is 6.42 Å². The molecule has 0 aromatic carbocycles. The topological polar surface area (TPSA) is 66.4 Å². The summed E-state index contributed by atoms with van der Waals surface area (Å²) >= 11 is 0. The molecule has 0 unspecified atom stereocenters. The van der Waals surface area contributed by atoms with Crippen molar-refractivity contribution in [2.45, 2.75) is 65.3 Å². The molecule has 0 bridgehead atoms. The third-order valence-electron chi connectivity index (χ3n) is 3.35. The minimum Gasteiger partial charge on any atom is -0.481 e. The Morgan fingerprint density at radius 3 is 2.28 bits per heavy atom. The van der Waals surface area contributed by atoms with Crippen molar-refractivity contribution >= 4 is 11.9 Å². The number of amides is 1. The normalized spacial score (nSPS) is 17.6. The van der Waals surface area contributed by atoms with Crippen molar-refractivity contribution in [2.75, 3.05) is 0 Å². The molecule has 4 nitrogen and oxygen atoms in total. The molecule has 0 radical (unpaired) electrons. The van der Waals surface area contributed by atoms with Gasteiger partial charge in [0.2, 0.25) is 5.91 Å². The first-order chi connectivity index (χ1) is 8.14. The van der Waals surface area contributed by atoms with E-state index < -0.39 is 11.5 Å². The molecular formula is C14H25NO3. The highest BCUT2D eigenvalue weighted by atomic mass is 16.4. The van der Waals surface area contributed by atoms with Gasteiger partial charge in [0.1, 0.15) is 0 Å². The van der Waals surface area contributed by atoms with Gasteiger partial charge in [0.05, 0.1) is 12.0 Å². The van der Waals surface area contributed by atoms with E-state index in [2.05, 4.69) is 33.0 Å². The fourth-order valence-electron chi connectivity index (χ4n) is 2.74. The zero-order valence-electron chi connectivity index (χ0n) is 11.9. The molecule has 104 valence electrons. The number of carboxylic acid groups (broad SMARTS) is 1. The van der Waals surface area contributed by atoms with Crippen LogP contribution in [0.5, 0.6) is 0 Å². The standard InChI is InChI=1S/C14H25NO3/c1-10(2)7-13(3,4)8-11(16)15-14(5-6-14)9-12(17)18/h10H,5-9H2,1-4H3,(H,15,16)(H,17,18). The third kappa shape index (κ3) is 5.07. The Morgan fingerprint density at radius 2 is 1.89 bits per heavy atom. The molecule has 1 amide bonds. The van der Waals surface area contributed by atoms with Crippen molar-refractivity contribution in [3.05, 3.63) is 0 Å². The molecule has 1 aliphatic carbocycles. The quantitative estimate of drug-likeness (QED) is 0.734. The van der Waals surface area contributed by atoms with Crippen LogP contribution in [0.3, 0.4) is 0 Å². The van der Waals surface area contributed by atoms with Gasteiger partial charge in [-0.2, -0.15) is 0 Å². The lowest BCUT2D eigenvalue weighted by Crippen LogP contribution is -2.40. The SMILES string of the molecule is CC(C)CC(C)(C)CC(=O)NC1(CC(=O)O)CC1. The van der Waals surface area contributed by atoms with Crippen LogP contribution in [0.15, 0.2) is 0 Å². The Balaban J connectivity index is 2.44. The number of carboxylic acids is 1. The highest BCUT2D eigenvalue weighted by Crippen LogP contribution is 2.39. The fourth-order valence-corrected chi connectivity index (χ4v) is 2.74. The molecule has 1 fully saturated rings. The lowest BCUT2D eigenvalue weighted by molar-refractivity contribution is -0.138. The van der Waals surface area contributed by atoms with Crippen LogP contribution in [0.2, 0.25) is 0 Å². The fraction of sp³-hybridized carbons (Fsp3) is 0.857. The number of aliphatic carboxylic acids is 1. The van der Waals surface area contributed by atoms with Gasteiger partial charge in [0.15, 0.2) is 0 Å². The van der Waals surface area contributed by atoms with Gasteiger partial charge in [-0.15, -0.1) is 0 Å². The zero-order chi connectivity index (χ0) is 14.0. The van der Waals surface area contributed by atoms with E-state index in [1.54, 1.807) is 0 Å². The Kier molecular flexibility index (Phi) is 4.41. The highest BCUT2D eigenvalue weighted by molar-refractivity contribution is 5.79. The Morgan fingerprint density at radius 1 is 1.33 bits per heavy atom. The average Bonchev–Trinajstić information content (AvgIpc) is 2.77. The molecular weight excluding hydrogens is 230 g/mol. The van der Waals surface area contributed by atoms with E-state index in [9.17, 15) is 9.59 Å². The maximum Gasteiger partial charge on any atom is 0.305 e. The number of carbonyl (C=O) groups excluding carboxylic acids is 1. The summed E-state index contributed by atoms with van der Waals surface area (Å²) in [7, 11) is 0. The predicted octanol–water partition coefficient (Wildman–Crippen LogP) is 2.57. The molecule has 2 N–H and O–H groups in total. The Hall–Kier alpha value is -1.06. The van der Waals surface area contributed by atoms with Crippen molar-refractivity contribution in [3.63, 3.8) is 0 Å². The van der Waals surface area contributed by atoms with Gasteiger partial charge in [-0.1, -0.05) is 27.7 Å². The molecule has 1 saturated carbocycles. The van der Waals surface area contributed by atoms with E-state index in [1.165, 1.54) is 0 Å². The van der Waals surface area contributed by atoms with E-state index in [0.29, 0.717) is 12.3 Å². The number of hydrogen-bond acceptors (Lipinski definition) is 2. The Bertz CT molecular complexity index is 330. The second kappa shape index (κ2) is 5.29. The smallest absolute Gasteiger partial charge is 0.305 e. The van der Waals surface area contributed by atoms with Crippen LogP contribution in [0.4, 0.5) is 0 Å². The molecule has 0 saturated heterocycles. The van der Waals surface area contributed by atoms with E-state index in [0.717, 1.165) is 19.3 Å². The van der Waals surface area contributed by atoms with Crippen LogP contribution in [0, 0.1) is 11.3 Å². The summed E-state index contributed by atoms with van der Waals surface area (Å²) in [5.74, 6) is -0.296. The van der Waals surface area contributed by atoms with Crippen LogP contribution in [-0.4, -0.2) is 22.5 Å². The van der Waals surface area contributed by atoms with Gasteiger partial charge in [-0.25, -0.2) is 0 Å². The minimum atomic E-state index is -0.839. The van der Waals surface area contributed by atoms with E-state index in [1.807, 2.05) is 0 Å². The molecule has 0 spiro atoms. The lowest BCUT2D eigenvalue weighted by Gasteiger charge is -2.27. The summed E-state index contributed by atoms with van der Waals surface area (Å²) in [4.78, 5) is 22.7. The lowest BCUT2D eigenvalue weighted by atomic mass is 9.81. The van der Waals surface area contributed by atoms with Crippen molar-refractivity contribution in [3.8, 4) is 0 Å². The first kappa shape index (κ1) is 15.0. The first-order valence-electron chi connectivity index (χ1n) is 6.67. The minimum absolute atomic E-state index is 0.0144. The molecule has 0 aliphatic heterocycles. The van der Waals surface area contributed by atoms with Gasteiger partial charge >= 0.3 is 5.97 Å². The number of hydrogen-bond donors (Lipinski definition) is 2. The molecule has 1 rings (SSSR count). The monoisotopic (exact) mass is 255 g/mol. The average molecular weight is 255 g/mol. The molecule has 0 atom stereocenters. The third-order valence-corrected chi connectivity index (χ3v) is 3.35. The summed E-state index contributed by atoms with van der Waals surface area (Å²) < 4.78 is 0. The molecule has 4 heteroatoms. The maximum atomic E-state index is 12.0. The number of rotatable bonds is 7. The number of nitrogens with one attached hydrogen (secondary N) is 1. The Labute approximate surface area is 109 Å². The molecule has 0 aromatic rings. The summed E-state index contributed by atoms with van der Waals surface area (Å²) in [6.45, 7) is 8.46. The maximum absolute atomic E-state index is 12.0. The summed E-state index contributed by atoms with van der Waals surface area (Å²) in [6, 6.07) is 0. The van der Waals surface area contributed by atoms with E-state index in [4.69, 9.17) is 5.11 Å². The second-order valence-corrected chi connectivity index (χ2v) is 6.84. The second-order valence-electron chi connectivity index (χ2n) is 6.84. The predicted molar refractivity (Wildman–Crippen MR) is 70.2 cm³/mol.